The third kappa shape index (κ3) is 4.19. The lowest BCUT2D eigenvalue weighted by molar-refractivity contribution is -0.118. The van der Waals surface area contributed by atoms with Crippen LogP contribution in [0.25, 0.3) is 0 Å². The largest absolute Gasteiger partial charge is 0.484 e. The average Bonchev–Trinajstić information content (AvgIpc) is 3.03. The zero-order valence-electron chi connectivity index (χ0n) is 13.1. The Bertz CT molecular complexity index is 798. The molecule has 1 aliphatic rings. The maximum Gasteiger partial charge on any atom is 0.321 e. The summed E-state index contributed by atoms with van der Waals surface area (Å²) in [4.78, 5) is 25.1. The highest BCUT2D eigenvalue weighted by atomic mass is 35.5. The fourth-order valence-electron chi connectivity index (χ4n) is 2.36. The molecule has 2 aromatic rings. The van der Waals surface area contributed by atoms with Crippen LogP contribution in [0.4, 0.5) is 20.6 Å². The molecule has 2 aromatic carbocycles. The van der Waals surface area contributed by atoms with E-state index in [9.17, 15) is 14.0 Å². The summed E-state index contributed by atoms with van der Waals surface area (Å²) in [6.45, 7) is 0.985. The second-order valence-corrected chi connectivity index (χ2v) is 5.75. The maximum absolute atomic E-state index is 13.1. The summed E-state index contributed by atoms with van der Waals surface area (Å²) in [5.74, 6) is -0.616. The highest BCUT2D eigenvalue weighted by Gasteiger charge is 2.20. The van der Waals surface area contributed by atoms with Gasteiger partial charge in [-0.05, 0) is 36.4 Å². The Hall–Kier alpha value is -2.80. The average molecular weight is 364 g/mol. The molecule has 2 N–H and O–H groups in total. The Morgan fingerprint density at radius 1 is 1.28 bits per heavy atom. The quantitative estimate of drug-likeness (QED) is 0.857. The summed E-state index contributed by atoms with van der Waals surface area (Å²) in [5, 5.41) is 5.33. The highest BCUT2D eigenvalue weighted by molar-refractivity contribution is 6.30. The molecule has 25 heavy (non-hydrogen) atoms. The number of urea groups is 1. The fraction of sp³-hybridized carbons (Fsp3) is 0.176. The van der Waals surface area contributed by atoms with Crippen molar-refractivity contribution >= 4 is 34.9 Å². The maximum atomic E-state index is 13.1. The highest BCUT2D eigenvalue weighted by Crippen LogP contribution is 2.22. The van der Waals surface area contributed by atoms with Crippen LogP contribution in [0.3, 0.4) is 0 Å². The van der Waals surface area contributed by atoms with Gasteiger partial charge in [-0.25, -0.2) is 9.18 Å². The van der Waals surface area contributed by atoms with Gasteiger partial charge in [-0.1, -0.05) is 11.6 Å². The molecule has 0 atom stereocenters. The summed E-state index contributed by atoms with van der Waals surface area (Å²) in [5.41, 5.74) is 1.33. The zero-order chi connectivity index (χ0) is 17.8. The summed E-state index contributed by atoms with van der Waals surface area (Å²) in [6, 6.07) is 10.6. The number of nitrogens with one attached hydrogen (secondary N) is 2. The Balaban J connectivity index is 1.54. The van der Waals surface area contributed by atoms with Gasteiger partial charge in [0.1, 0.15) is 11.6 Å². The Kier molecular flexibility index (Phi) is 5.04. The zero-order valence-corrected chi connectivity index (χ0v) is 13.8. The molecule has 3 rings (SSSR count). The number of carbonyl (C=O) groups excluding carboxylic acids is 2. The molecule has 0 unspecified atom stereocenters. The standard InChI is InChI=1S/C17H15ClFN3O3/c18-14-9-13(5-6-15(14)19)25-10-16(23)21-11-1-3-12(4-2-11)22-8-7-20-17(22)24/h1-6,9H,7-8,10H2,(H,20,24)(H,21,23). The van der Waals surface area contributed by atoms with E-state index in [1.165, 1.54) is 18.2 Å². The number of nitrogens with zero attached hydrogens (tertiary/aromatic N) is 1. The van der Waals surface area contributed by atoms with Gasteiger partial charge >= 0.3 is 6.03 Å². The van der Waals surface area contributed by atoms with Crippen molar-refractivity contribution in [2.45, 2.75) is 0 Å². The lowest BCUT2D eigenvalue weighted by Gasteiger charge is -2.14. The van der Waals surface area contributed by atoms with Gasteiger partial charge in [0.15, 0.2) is 6.61 Å². The fourth-order valence-corrected chi connectivity index (χ4v) is 2.53. The van der Waals surface area contributed by atoms with Gasteiger partial charge in [-0.3, -0.25) is 9.69 Å². The third-order valence-electron chi connectivity index (χ3n) is 3.58. The van der Waals surface area contributed by atoms with E-state index in [0.29, 0.717) is 24.5 Å². The molecule has 3 amide bonds. The molecule has 1 saturated heterocycles. The SMILES string of the molecule is O=C(COc1ccc(F)c(Cl)c1)Nc1ccc(N2CCNC2=O)cc1. The second kappa shape index (κ2) is 7.40. The van der Waals surface area contributed by atoms with E-state index in [0.717, 1.165) is 5.69 Å². The van der Waals surface area contributed by atoms with Crippen LogP contribution >= 0.6 is 11.6 Å². The molecular weight excluding hydrogens is 349 g/mol. The van der Waals surface area contributed by atoms with Crippen LogP contribution in [-0.2, 0) is 4.79 Å². The Morgan fingerprint density at radius 3 is 2.68 bits per heavy atom. The lowest BCUT2D eigenvalue weighted by Crippen LogP contribution is -2.27. The monoisotopic (exact) mass is 363 g/mol. The van der Waals surface area contributed by atoms with Crippen molar-refractivity contribution in [2.75, 3.05) is 29.9 Å². The van der Waals surface area contributed by atoms with Gasteiger partial charge in [-0.15, -0.1) is 0 Å². The number of hydrogen-bond acceptors (Lipinski definition) is 3. The number of anilines is 2. The number of hydrogen-bond donors (Lipinski definition) is 2. The number of amides is 3. The molecule has 130 valence electrons. The first kappa shape index (κ1) is 17.0. The van der Waals surface area contributed by atoms with Crippen LogP contribution in [0.5, 0.6) is 5.75 Å². The number of carbonyl (C=O) groups is 2. The summed E-state index contributed by atoms with van der Waals surface area (Å²) >= 11 is 5.65. The number of ether oxygens (including phenoxy) is 1. The first-order valence-electron chi connectivity index (χ1n) is 7.56. The first-order chi connectivity index (χ1) is 12.0. The van der Waals surface area contributed by atoms with Crippen molar-refractivity contribution in [3.63, 3.8) is 0 Å². The van der Waals surface area contributed by atoms with E-state index >= 15 is 0 Å². The molecule has 0 spiro atoms. The molecule has 1 heterocycles. The summed E-state index contributed by atoms with van der Waals surface area (Å²) in [7, 11) is 0. The Morgan fingerprint density at radius 2 is 2.04 bits per heavy atom. The third-order valence-corrected chi connectivity index (χ3v) is 3.87. The molecular formula is C17H15ClFN3O3. The predicted octanol–water partition coefficient (Wildman–Crippen LogP) is 3.03. The molecule has 0 radical (unpaired) electrons. The molecule has 1 fully saturated rings. The Labute approximate surface area is 148 Å². The van der Waals surface area contributed by atoms with Gasteiger partial charge in [0, 0.05) is 30.5 Å². The van der Waals surface area contributed by atoms with E-state index in [4.69, 9.17) is 16.3 Å². The van der Waals surface area contributed by atoms with Crippen molar-refractivity contribution in [3.05, 3.63) is 53.3 Å². The second-order valence-electron chi connectivity index (χ2n) is 5.34. The van der Waals surface area contributed by atoms with Crippen LogP contribution in [0, 0.1) is 5.82 Å². The van der Waals surface area contributed by atoms with Crippen molar-refractivity contribution < 1.29 is 18.7 Å². The number of rotatable bonds is 5. The van der Waals surface area contributed by atoms with Crippen molar-refractivity contribution in [3.8, 4) is 5.75 Å². The van der Waals surface area contributed by atoms with Crippen LogP contribution in [0.1, 0.15) is 0 Å². The normalized spacial score (nSPS) is 13.5. The minimum absolute atomic E-state index is 0.0700. The molecule has 1 aliphatic heterocycles. The number of halogens is 2. The van der Waals surface area contributed by atoms with Gasteiger partial charge in [0.25, 0.3) is 5.91 Å². The van der Waals surface area contributed by atoms with Crippen molar-refractivity contribution in [2.24, 2.45) is 0 Å². The summed E-state index contributed by atoms with van der Waals surface area (Å²) < 4.78 is 18.3. The van der Waals surface area contributed by atoms with Gasteiger partial charge in [-0.2, -0.15) is 0 Å². The minimum Gasteiger partial charge on any atom is -0.484 e. The lowest BCUT2D eigenvalue weighted by atomic mass is 10.2. The smallest absolute Gasteiger partial charge is 0.321 e. The molecule has 0 saturated carbocycles. The molecule has 8 heteroatoms. The van der Waals surface area contributed by atoms with Crippen molar-refractivity contribution in [1.29, 1.82) is 0 Å². The van der Waals surface area contributed by atoms with E-state index in [2.05, 4.69) is 10.6 Å². The number of benzene rings is 2. The predicted molar refractivity (Wildman–Crippen MR) is 92.7 cm³/mol. The van der Waals surface area contributed by atoms with Crippen LogP contribution in [-0.4, -0.2) is 31.6 Å². The van der Waals surface area contributed by atoms with E-state index < -0.39 is 5.82 Å². The molecule has 0 bridgehead atoms. The van der Waals surface area contributed by atoms with Gasteiger partial charge < -0.3 is 15.4 Å². The van der Waals surface area contributed by atoms with Crippen LogP contribution in [0.15, 0.2) is 42.5 Å². The van der Waals surface area contributed by atoms with Gasteiger partial charge in [0.05, 0.1) is 5.02 Å². The van der Waals surface area contributed by atoms with Crippen LogP contribution in [0.2, 0.25) is 5.02 Å². The summed E-state index contributed by atoms with van der Waals surface area (Å²) in [6.07, 6.45) is 0. The van der Waals surface area contributed by atoms with Crippen LogP contribution < -0.4 is 20.3 Å². The van der Waals surface area contributed by atoms with Gasteiger partial charge in [0.2, 0.25) is 0 Å². The minimum atomic E-state index is -0.551. The first-order valence-corrected chi connectivity index (χ1v) is 7.94. The molecule has 0 aliphatic carbocycles. The van der Waals surface area contributed by atoms with Crippen molar-refractivity contribution in [1.82, 2.24) is 5.32 Å². The van der Waals surface area contributed by atoms with E-state index in [1.807, 2.05) is 0 Å². The molecule has 6 nitrogen and oxygen atoms in total. The van der Waals surface area contributed by atoms with E-state index in [-0.39, 0.29) is 23.6 Å². The topological polar surface area (TPSA) is 70.7 Å². The van der Waals surface area contributed by atoms with E-state index in [1.54, 1.807) is 29.2 Å². The molecule has 0 aromatic heterocycles.